The normalized spacial score (nSPS) is 11.5. The number of hydrogen-bond acceptors (Lipinski definition) is 8. The summed E-state index contributed by atoms with van der Waals surface area (Å²) in [6, 6.07) is 8.35. The Balaban J connectivity index is 1.96. The third-order valence-corrected chi connectivity index (χ3v) is 6.07. The van der Waals surface area contributed by atoms with E-state index in [1.807, 2.05) is 6.92 Å². The zero-order valence-corrected chi connectivity index (χ0v) is 15.9. The fraction of sp³-hybridized carbons (Fsp3) is 0.188. The monoisotopic (exact) mass is 390 g/mol. The Morgan fingerprint density at radius 3 is 2.65 bits per heavy atom. The number of thiazole rings is 1. The van der Waals surface area contributed by atoms with Gasteiger partial charge in [-0.15, -0.1) is 0 Å². The topological polar surface area (TPSA) is 123 Å². The molecule has 0 atom stereocenters. The highest BCUT2D eigenvalue weighted by molar-refractivity contribution is 7.89. The number of nitrogen functional groups attached to an aromatic ring is 1. The molecular formula is C16H18N6O2S2. The smallest absolute Gasteiger partial charge is 0.242 e. The number of para-hydroxylation sites is 1. The second kappa shape index (κ2) is 7.36. The van der Waals surface area contributed by atoms with Gasteiger partial charge in [-0.2, -0.15) is 0 Å². The van der Waals surface area contributed by atoms with Gasteiger partial charge in [0, 0.05) is 12.7 Å². The van der Waals surface area contributed by atoms with Crippen LogP contribution in [0.5, 0.6) is 0 Å². The summed E-state index contributed by atoms with van der Waals surface area (Å²) in [5.74, 6) is 0.285. The Labute approximate surface area is 155 Å². The molecular weight excluding hydrogens is 372 g/mol. The molecule has 0 radical (unpaired) electrons. The molecule has 0 amide bonds. The Morgan fingerprint density at radius 1 is 1.19 bits per heavy atom. The highest BCUT2D eigenvalue weighted by Gasteiger charge is 2.18. The SMILES string of the molecule is CCNS(=O)(=O)c1ccccc1Nc1nccc(-c2sc(N)nc2C)n1. The molecule has 0 bridgehead atoms. The summed E-state index contributed by atoms with van der Waals surface area (Å²) in [6.45, 7) is 3.88. The van der Waals surface area contributed by atoms with Gasteiger partial charge in [0.25, 0.3) is 0 Å². The highest BCUT2D eigenvalue weighted by atomic mass is 32.2. The number of benzene rings is 1. The lowest BCUT2D eigenvalue weighted by Crippen LogP contribution is -2.24. The molecule has 0 fully saturated rings. The van der Waals surface area contributed by atoms with Crippen molar-refractivity contribution in [3.05, 3.63) is 42.2 Å². The summed E-state index contributed by atoms with van der Waals surface area (Å²) in [5.41, 5.74) is 7.60. The molecule has 2 heterocycles. The van der Waals surface area contributed by atoms with E-state index in [1.54, 1.807) is 37.4 Å². The van der Waals surface area contributed by atoms with Crippen LogP contribution in [0.25, 0.3) is 10.6 Å². The van der Waals surface area contributed by atoms with Crippen molar-refractivity contribution in [2.75, 3.05) is 17.6 Å². The number of sulfonamides is 1. The van der Waals surface area contributed by atoms with Gasteiger partial charge in [-0.05, 0) is 25.1 Å². The van der Waals surface area contributed by atoms with E-state index >= 15 is 0 Å². The first kappa shape index (κ1) is 18.2. The van der Waals surface area contributed by atoms with Gasteiger partial charge in [-0.25, -0.2) is 28.1 Å². The van der Waals surface area contributed by atoms with E-state index in [2.05, 4.69) is 25.0 Å². The highest BCUT2D eigenvalue weighted by Crippen LogP contribution is 2.30. The van der Waals surface area contributed by atoms with Gasteiger partial charge in [0.15, 0.2) is 5.13 Å². The summed E-state index contributed by atoms with van der Waals surface area (Å²) >= 11 is 1.34. The van der Waals surface area contributed by atoms with E-state index in [-0.39, 0.29) is 10.8 Å². The number of anilines is 3. The van der Waals surface area contributed by atoms with E-state index in [0.717, 1.165) is 10.6 Å². The van der Waals surface area contributed by atoms with Crippen LogP contribution in [-0.4, -0.2) is 29.9 Å². The van der Waals surface area contributed by atoms with Gasteiger partial charge in [0.05, 0.1) is 22.0 Å². The Kier molecular flexibility index (Phi) is 5.16. The molecule has 0 saturated heterocycles. The largest absolute Gasteiger partial charge is 0.375 e. The molecule has 8 nitrogen and oxygen atoms in total. The molecule has 4 N–H and O–H groups in total. The Bertz CT molecular complexity index is 1030. The second-order valence-corrected chi connectivity index (χ2v) is 8.12. The molecule has 2 aromatic heterocycles. The first-order valence-corrected chi connectivity index (χ1v) is 10.1. The molecule has 0 unspecified atom stereocenters. The fourth-order valence-electron chi connectivity index (χ4n) is 2.39. The molecule has 3 aromatic rings. The number of hydrogen-bond donors (Lipinski definition) is 3. The van der Waals surface area contributed by atoms with Crippen LogP contribution in [0.2, 0.25) is 0 Å². The summed E-state index contributed by atoms with van der Waals surface area (Å²) in [7, 11) is -3.62. The van der Waals surface area contributed by atoms with Gasteiger partial charge >= 0.3 is 0 Å². The van der Waals surface area contributed by atoms with Crippen LogP contribution in [0.4, 0.5) is 16.8 Å². The van der Waals surface area contributed by atoms with Crippen molar-refractivity contribution in [1.82, 2.24) is 19.7 Å². The molecule has 136 valence electrons. The number of aryl methyl sites for hydroxylation is 1. The van der Waals surface area contributed by atoms with E-state index in [4.69, 9.17) is 5.73 Å². The minimum absolute atomic E-state index is 0.133. The van der Waals surface area contributed by atoms with Crippen molar-refractivity contribution in [3.63, 3.8) is 0 Å². The van der Waals surface area contributed by atoms with Crippen LogP contribution in [-0.2, 0) is 10.0 Å². The minimum atomic E-state index is -3.62. The van der Waals surface area contributed by atoms with Crippen molar-refractivity contribution < 1.29 is 8.42 Å². The quantitative estimate of drug-likeness (QED) is 0.591. The number of nitrogens with zero attached hydrogens (tertiary/aromatic N) is 3. The molecule has 10 heteroatoms. The fourth-order valence-corrected chi connectivity index (χ4v) is 4.40. The number of rotatable bonds is 6. The van der Waals surface area contributed by atoms with Crippen molar-refractivity contribution in [3.8, 4) is 10.6 Å². The van der Waals surface area contributed by atoms with Gasteiger partial charge in [0.2, 0.25) is 16.0 Å². The van der Waals surface area contributed by atoms with Crippen molar-refractivity contribution in [1.29, 1.82) is 0 Å². The standard InChI is InChI=1S/C16H18N6O2S2/c1-3-19-26(23,24)13-7-5-4-6-11(13)21-16-18-9-8-12(22-16)14-10(2)20-15(17)25-14/h4-9,19H,3H2,1-2H3,(H2,17,20)(H,18,21,22). The zero-order chi connectivity index (χ0) is 18.7. The predicted molar refractivity (Wildman–Crippen MR) is 103 cm³/mol. The van der Waals surface area contributed by atoms with E-state index in [0.29, 0.717) is 23.1 Å². The van der Waals surface area contributed by atoms with Crippen LogP contribution in [0.1, 0.15) is 12.6 Å². The lowest BCUT2D eigenvalue weighted by molar-refractivity contribution is 0.584. The van der Waals surface area contributed by atoms with Gasteiger partial charge in [-0.1, -0.05) is 30.4 Å². The molecule has 0 aliphatic heterocycles. The van der Waals surface area contributed by atoms with Crippen LogP contribution >= 0.6 is 11.3 Å². The summed E-state index contributed by atoms with van der Waals surface area (Å²) in [4.78, 5) is 13.8. The molecule has 0 spiro atoms. The first-order valence-electron chi connectivity index (χ1n) is 7.82. The lowest BCUT2D eigenvalue weighted by Gasteiger charge is -2.12. The average Bonchev–Trinajstić information content (AvgIpc) is 2.94. The van der Waals surface area contributed by atoms with E-state index in [9.17, 15) is 8.42 Å². The second-order valence-electron chi connectivity index (χ2n) is 5.35. The maximum Gasteiger partial charge on any atom is 0.242 e. The maximum absolute atomic E-state index is 12.4. The van der Waals surface area contributed by atoms with Gasteiger partial charge in [0.1, 0.15) is 4.90 Å². The van der Waals surface area contributed by atoms with Crippen molar-refractivity contribution >= 4 is 38.1 Å². The predicted octanol–water partition coefficient (Wildman–Crippen LogP) is 2.53. The molecule has 0 aliphatic carbocycles. The zero-order valence-electron chi connectivity index (χ0n) is 14.2. The summed E-state index contributed by atoms with van der Waals surface area (Å²) in [6.07, 6.45) is 1.60. The van der Waals surface area contributed by atoms with Gasteiger partial charge < -0.3 is 11.1 Å². The van der Waals surface area contributed by atoms with E-state index in [1.165, 1.54) is 17.4 Å². The third-order valence-electron chi connectivity index (χ3n) is 3.46. The third kappa shape index (κ3) is 3.82. The minimum Gasteiger partial charge on any atom is -0.375 e. The first-order chi connectivity index (χ1) is 12.4. The van der Waals surface area contributed by atoms with Crippen molar-refractivity contribution in [2.24, 2.45) is 0 Å². The van der Waals surface area contributed by atoms with Crippen molar-refractivity contribution in [2.45, 2.75) is 18.7 Å². The maximum atomic E-state index is 12.4. The molecule has 1 aromatic carbocycles. The van der Waals surface area contributed by atoms with Gasteiger partial charge in [-0.3, -0.25) is 0 Å². The van der Waals surface area contributed by atoms with Crippen LogP contribution < -0.4 is 15.8 Å². The molecule has 3 rings (SSSR count). The average molecular weight is 390 g/mol. The number of nitrogens with two attached hydrogens (primary N) is 1. The number of nitrogens with one attached hydrogen (secondary N) is 2. The summed E-state index contributed by atoms with van der Waals surface area (Å²) < 4.78 is 27.2. The van der Waals surface area contributed by atoms with Crippen LogP contribution in [0.3, 0.4) is 0 Å². The summed E-state index contributed by atoms with van der Waals surface area (Å²) in [5, 5.41) is 3.45. The van der Waals surface area contributed by atoms with Crippen LogP contribution in [0, 0.1) is 6.92 Å². The van der Waals surface area contributed by atoms with E-state index < -0.39 is 10.0 Å². The molecule has 0 saturated carbocycles. The Morgan fingerprint density at radius 2 is 1.96 bits per heavy atom. The molecule has 0 aliphatic rings. The lowest BCUT2D eigenvalue weighted by atomic mass is 10.3. The number of aromatic nitrogens is 3. The molecule has 26 heavy (non-hydrogen) atoms. The van der Waals surface area contributed by atoms with Crippen LogP contribution in [0.15, 0.2) is 41.4 Å². The Hall–Kier alpha value is -2.56.